The summed E-state index contributed by atoms with van der Waals surface area (Å²) in [6.07, 6.45) is 5.19. The molecule has 0 radical (unpaired) electrons. The predicted octanol–water partition coefficient (Wildman–Crippen LogP) is 5.21. The van der Waals surface area contributed by atoms with Gasteiger partial charge in [0.1, 0.15) is 19.3 Å². The van der Waals surface area contributed by atoms with Crippen LogP contribution >= 0.6 is 0 Å². The van der Waals surface area contributed by atoms with Crippen LogP contribution in [0.15, 0.2) is 72.3 Å². The maximum atomic E-state index is 12.7. The molecule has 184 valence electrons. The smallest absolute Gasteiger partial charge is 0.407 e. The van der Waals surface area contributed by atoms with Crippen molar-refractivity contribution in [3.05, 3.63) is 83.5 Å². The van der Waals surface area contributed by atoms with Crippen LogP contribution in [0.3, 0.4) is 0 Å². The minimum Gasteiger partial charge on any atom is -0.481 e. The fourth-order valence-electron chi connectivity index (χ4n) is 4.21. The number of esters is 1. The van der Waals surface area contributed by atoms with Gasteiger partial charge in [0.05, 0.1) is 0 Å². The van der Waals surface area contributed by atoms with E-state index < -0.39 is 24.1 Å². The number of nitrogens with one attached hydrogen (secondary N) is 1. The lowest BCUT2D eigenvalue weighted by Gasteiger charge is -2.19. The molecule has 1 aliphatic rings. The molecule has 0 heterocycles. The number of rotatable bonds is 11. The molecule has 0 aromatic heterocycles. The average Bonchev–Trinajstić information content (AvgIpc) is 3.17. The van der Waals surface area contributed by atoms with Gasteiger partial charge in [0.2, 0.25) is 0 Å². The molecule has 0 spiro atoms. The molecule has 0 aliphatic heterocycles. The van der Waals surface area contributed by atoms with E-state index in [4.69, 9.17) is 14.6 Å². The van der Waals surface area contributed by atoms with Crippen LogP contribution in [0.1, 0.15) is 50.2 Å². The monoisotopic (exact) mass is 477 g/mol. The third kappa shape index (κ3) is 6.82. The van der Waals surface area contributed by atoms with E-state index in [-0.39, 0.29) is 32.0 Å². The quantitative estimate of drug-likeness (QED) is 0.340. The van der Waals surface area contributed by atoms with E-state index in [1.165, 1.54) is 0 Å². The SMILES string of the molecule is C/C=C\C(=C/CC)COC(=O)C(CCC(=O)O)NC(=O)OCC1c2ccccc2-c2ccccc21. The first-order valence-corrected chi connectivity index (χ1v) is 11.8. The van der Waals surface area contributed by atoms with E-state index in [0.717, 1.165) is 34.2 Å². The molecule has 0 fully saturated rings. The lowest BCUT2D eigenvalue weighted by molar-refractivity contribution is -0.145. The van der Waals surface area contributed by atoms with E-state index in [9.17, 15) is 14.4 Å². The van der Waals surface area contributed by atoms with Gasteiger partial charge in [-0.1, -0.05) is 73.7 Å². The number of hydrogen-bond donors (Lipinski definition) is 2. The molecule has 0 bridgehead atoms. The van der Waals surface area contributed by atoms with Crippen LogP contribution in [0, 0.1) is 0 Å². The molecule has 1 amide bonds. The number of carboxylic acids is 1. The Hall–Kier alpha value is -3.87. The Balaban J connectivity index is 1.64. The van der Waals surface area contributed by atoms with Crippen molar-refractivity contribution in [1.82, 2.24) is 5.32 Å². The zero-order chi connectivity index (χ0) is 25.2. The summed E-state index contributed by atoms with van der Waals surface area (Å²) >= 11 is 0. The second kappa shape index (κ2) is 12.6. The lowest BCUT2D eigenvalue weighted by atomic mass is 9.98. The molecule has 0 saturated heterocycles. The second-order valence-corrected chi connectivity index (χ2v) is 8.25. The summed E-state index contributed by atoms with van der Waals surface area (Å²) in [5, 5.41) is 11.6. The Bertz CT molecular complexity index is 1070. The largest absolute Gasteiger partial charge is 0.481 e. The number of carboxylic acid groups (broad SMARTS) is 1. The number of alkyl carbamates (subject to hydrolysis) is 1. The van der Waals surface area contributed by atoms with Crippen LogP contribution in [0.25, 0.3) is 11.1 Å². The third-order valence-electron chi connectivity index (χ3n) is 5.80. The van der Waals surface area contributed by atoms with Crippen LogP contribution < -0.4 is 5.32 Å². The number of amides is 1. The van der Waals surface area contributed by atoms with Crippen molar-refractivity contribution in [2.24, 2.45) is 0 Å². The van der Waals surface area contributed by atoms with E-state index in [1.54, 1.807) is 0 Å². The molecule has 35 heavy (non-hydrogen) atoms. The van der Waals surface area contributed by atoms with Crippen molar-refractivity contribution in [2.45, 2.75) is 45.1 Å². The third-order valence-corrected chi connectivity index (χ3v) is 5.80. The van der Waals surface area contributed by atoms with Crippen LogP contribution in [0.4, 0.5) is 4.79 Å². The number of ether oxygens (including phenoxy) is 2. The van der Waals surface area contributed by atoms with Gasteiger partial charge >= 0.3 is 18.0 Å². The summed E-state index contributed by atoms with van der Waals surface area (Å²) < 4.78 is 10.9. The summed E-state index contributed by atoms with van der Waals surface area (Å²) in [5.74, 6) is -1.90. The highest BCUT2D eigenvalue weighted by molar-refractivity contribution is 5.82. The van der Waals surface area contributed by atoms with Crippen molar-refractivity contribution >= 4 is 18.0 Å². The summed E-state index contributed by atoms with van der Waals surface area (Å²) in [6.45, 7) is 3.96. The Kier molecular flexibility index (Phi) is 9.23. The molecule has 2 aromatic rings. The second-order valence-electron chi connectivity index (χ2n) is 8.25. The van der Waals surface area contributed by atoms with Crippen molar-refractivity contribution in [1.29, 1.82) is 0 Å². The Morgan fingerprint density at radius 1 is 1.03 bits per heavy atom. The van der Waals surface area contributed by atoms with Crippen LogP contribution in [-0.4, -0.2) is 42.4 Å². The van der Waals surface area contributed by atoms with E-state index in [2.05, 4.69) is 5.32 Å². The zero-order valence-corrected chi connectivity index (χ0v) is 20.0. The maximum absolute atomic E-state index is 12.7. The first-order chi connectivity index (χ1) is 16.9. The number of carbonyl (C=O) groups excluding carboxylic acids is 2. The molecule has 1 atom stereocenters. The Labute approximate surface area is 205 Å². The standard InChI is InChI=1S/C28H31NO6/c1-3-9-19(10-4-2)17-34-27(32)25(15-16-26(30)31)29-28(33)35-18-24-22-13-7-5-11-20(22)21-12-6-8-14-23(21)24/h3,5-14,24-25H,4,15-18H2,1-2H3,(H,29,33)(H,30,31)/b9-3-,19-10+. The van der Waals surface area contributed by atoms with Gasteiger partial charge in [-0.05, 0) is 47.6 Å². The summed E-state index contributed by atoms with van der Waals surface area (Å²) in [5.41, 5.74) is 5.18. The number of hydrogen-bond acceptors (Lipinski definition) is 5. The highest BCUT2D eigenvalue weighted by Gasteiger charge is 2.30. The zero-order valence-electron chi connectivity index (χ0n) is 20.0. The van der Waals surface area contributed by atoms with Crippen molar-refractivity contribution in [3.63, 3.8) is 0 Å². The molecular weight excluding hydrogens is 446 g/mol. The van der Waals surface area contributed by atoms with Gasteiger partial charge in [-0.25, -0.2) is 9.59 Å². The fraction of sp³-hybridized carbons (Fsp3) is 0.321. The highest BCUT2D eigenvalue weighted by atomic mass is 16.6. The molecule has 7 heteroatoms. The molecule has 2 N–H and O–H groups in total. The van der Waals surface area contributed by atoms with Gasteiger partial charge in [0.25, 0.3) is 0 Å². The predicted molar refractivity (Wildman–Crippen MR) is 133 cm³/mol. The van der Waals surface area contributed by atoms with Crippen LogP contribution in [0.2, 0.25) is 0 Å². The minimum atomic E-state index is -1.13. The van der Waals surface area contributed by atoms with Crippen molar-refractivity contribution in [3.8, 4) is 11.1 Å². The van der Waals surface area contributed by atoms with Gasteiger partial charge in [0, 0.05) is 12.3 Å². The van der Waals surface area contributed by atoms with Crippen LogP contribution in [0.5, 0.6) is 0 Å². The minimum absolute atomic E-state index is 0.0347. The van der Waals surface area contributed by atoms with Gasteiger partial charge in [-0.2, -0.15) is 0 Å². The van der Waals surface area contributed by atoms with Crippen molar-refractivity contribution < 1.29 is 29.0 Å². The van der Waals surface area contributed by atoms with E-state index in [0.29, 0.717) is 0 Å². The topological polar surface area (TPSA) is 102 Å². The molecule has 0 saturated carbocycles. The normalized spacial score (nSPS) is 13.7. The highest BCUT2D eigenvalue weighted by Crippen LogP contribution is 2.44. The molecule has 1 unspecified atom stereocenters. The number of allylic oxidation sites excluding steroid dienone is 2. The number of fused-ring (bicyclic) bond motifs is 3. The molecule has 3 rings (SSSR count). The first kappa shape index (κ1) is 25.7. The summed E-state index contributed by atoms with van der Waals surface area (Å²) in [7, 11) is 0. The van der Waals surface area contributed by atoms with Crippen molar-refractivity contribution in [2.75, 3.05) is 13.2 Å². The molecule has 1 aliphatic carbocycles. The molecule has 7 nitrogen and oxygen atoms in total. The molecular formula is C28H31NO6. The number of aliphatic carboxylic acids is 1. The van der Waals surface area contributed by atoms with Gasteiger partial charge < -0.3 is 19.9 Å². The van der Waals surface area contributed by atoms with E-state index in [1.807, 2.05) is 80.6 Å². The van der Waals surface area contributed by atoms with Gasteiger partial charge in [-0.15, -0.1) is 0 Å². The summed E-state index contributed by atoms with van der Waals surface area (Å²) in [6, 6.07) is 14.8. The van der Waals surface area contributed by atoms with E-state index >= 15 is 0 Å². The number of benzene rings is 2. The Morgan fingerprint density at radius 3 is 2.23 bits per heavy atom. The summed E-state index contributed by atoms with van der Waals surface area (Å²) in [4.78, 5) is 36.3. The average molecular weight is 478 g/mol. The maximum Gasteiger partial charge on any atom is 0.407 e. The lowest BCUT2D eigenvalue weighted by Crippen LogP contribution is -2.43. The Morgan fingerprint density at radius 2 is 1.66 bits per heavy atom. The first-order valence-electron chi connectivity index (χ1n) is 11.8. The van der Waals surface area contributed by atoms with Gasteiger partial charge in [-0.3, -0.25) is 4.79 Å². The van der Waals surface area contributed by atoms with Gasteiger partial charge in [0.15, 0.2) is 0 Å². The molecule has 2 aromatic carbocycles. The fourth-order valence-corrected chi connectivity index (χ4v) is 4.21. The number of carbonyl (C=O) groups is 3. The van der Waals surface area contributed by atoms with Crippen LogP contribution in [-0.2, 0) is 19.1 Å².